The summed E-state index contributed by atoms with van der Waals surface area (Å²) >= 11 is 0. The van der Waals surface area contributed by atoms with Crippen LogP contribution in [0.5, 0.6) is 0 Å². The Hall–Kier alpha value is -3.80. The van der Waals surface area contributed by atoms with Crippen molar-refractivity contribution in [3.05, 3.63) is 100 Å². The molecule has 6 heteroatoms. The van der Waals surface area contributed by atoms with Crippen molar-refractivity contribution in [2.24, 2.45) is 5.10 Å². The van der Waals surface area contributed by atoms with Crippen LogP contribution >= 0.6 is 0 Å². The van der Waals surface area contributed by atoms with Crippen LogP contribution in [0, 0.1) is 12.7 Å². The maximum absolute atomic E-state index is 13.2. The van der Waals surface area contributed by atoms with E-state index in [0.717, 1.165) is 16.8 Å². The number of benzene rings is 3. The lowest BCUT2D eigenvalue weighted by atomic mass is 10.2. The van der Waals surface area contributed by atoms with E-state index in [4.69, 9.17) is 0 Å². The van der Waals surface area contributed by atoms with Crippen LogP contribution in [0.2, 0.25) is 0 Å². The number of nitrogens with zero attached hydrogens (tertiary/aromatic N) is 3. The molecular formula is C22H17FN4O. The van der Waals surface area contributed by atoms with E-state index in [0.29, 0.717) is 16.9 Å². The lowest BCUT2D eigenvalue weighted by Crippen LogP contribution is -2.23. The highest BCUT2D eigenvalue weighted by Crippen LogP contribution is 2.19. The Morgan fingerprint density at radius 2 is 1.71 bits per heavy atom. The topological polar surface area (TPSA) is 59.3 Å². The van der Waals surface area contributed by atoms with Gasteiger partial charge in [0.1, 0.15) is 5.82 Å². The zero-order chi connectivity index (χ0) is 19.5. The quantitative estimate of drug-likeness (QED) is 0.430. The van der Waals surface area contributed by atoms with Gasteiger partial charge in [-0.05, 0) is 48.4 Å². The molecule has 4 rings (SSSR count). The number of para-hydroxylation sites is 2. The fourth-order valence-electron chi connectivity index (χ4n) is 2.96. The molecule has 0 aliphatic heterocycles. The van der Waals surface area contributed by atoms with Gasteiger partial charge < -0.3 is 0 Å². The number of nitrogens with one attached hydrogen (secondary N) is 1. The number of hydrogen-bond donors (Lipinski definition) is 1. The summed E-state index contributed by atoms with van der Waals surface area (Å²) in [5.41, 5.74) is 5.65. The van der Waals surface area contributed by atoms with E-state index in [1.165, 1.54) is 16.7 Å². The Labute approximate surface area is 160 Å². The van der Waals surface area contributed by atoms with Crippen LogP contribution < -0.4 is 11.0 Å². The highest BCUT2D eigenvalue weighted by Gasteiger charge is 2.13. The summed E-state index contributed by atoms with van der Waals surface area (Å²) < 4.78 is 14.6. The Balaban J connectivity index is 1.82. The molecule has 0 saturated carbocycles. The molecule has 3 aromatic carbocycles. The SMILES string of the molecule is Cc1ccccc1-n1c(N/N=C\c2ccc(F)cc2)nc2ccccc2c1=O. The molecule has 0 aliphatic carbocycles. The maximum Gasteiger partial charge on any atom is 0.267 e. The van der Waals surface area contributed by atoms with Gasteiger partial charge in [-0.2, -0.15) is 5.10 Å². The molecule has 138 valence electrons. The number of aromatic nitrogens is 2. The second-order valence-corrected chi connectivity index (χ2v) is 6.30. The summed E-state index contributed by atoms with van der Waals surface area (Å²) in [7, 11) is 0. The van der Waals surface area contributed by atoms with Gasteiger partial charge in [-0.25, -0.2) is 19.4 Å². The molecule has 0 bridgehead atoms. The van der Waals surface area contributed by atoms with E-state index in [9.17, 15) is 9.18 Å². The summed E-state index contributed by atoms with van der Waals surface area (Å²) in [6, 6.07) is 20.7. The maximum atomic E-state index is 13.2. The molecule has 1 N–H and O–H groups in total. The highest BCUT2D eigenvalue weighted by atomic mass is 19.1. The predicted octanol–water partition coefficient (Wildman–Crippen LogP) is 4.28. The number of fused-ring (bicyclic) bond motifs is 1. The predicted molar refractivity (Wildman–Crippen MR) is 110 cm³/mol. The van der Waals surface area contributed by atoms with E-state index in [-0.39, 0.29) is 11.4 Å². The fourth-order valence-corrected chi connectivity index (χ4v) is 2.96. The average molecular weight is 372 g/mol. The van der Waals surface area contributed by atoms with E-state index in [2.05, 4.69) is 15.5 Å². The molecule has 0 unspecified atom stereocenters. The van der Waals surface area contributed by atoms with Crippen molar-refractivity contribution in [3.8, 4) is 5.69 Å². The van der Waals surface area contributed by atoms with Crippen LogP contribution in [0.4, 0.5) is 10.3 Å². The van der Waals surface area contributed by atoms with Crippen molar-refractivity contribution >= 4 is 23.1 Å². The van der Waals surface area contributed by atoms with Crippen LogP contribution in [-0.4, -0.2) is 15.8 Å². The number of hydrazone groups is 1. The first-order valence-electron chi connectivity index (χ1n) is 8.76. The van der Waals surface area contributed by atoms with Crippen LogP contribution in [-0.2, 0) is 0 Å². The van der Waals surface area contributed by atoms with Gasteiger partial charge in [0.05, 0.1) is 22.8 Å². The Morgan fingerprint density at radius 3 is 2.50 bits per heavy atom. The summed E-state index contributed by atoms with van der Waals surface area (Å²) in [6.45, 7) is 1.93. The lowest BCUT2D eigenvalue weighted by molar-refractivity contribution is 0.628. The molecule has 1 aromatic heterocycles. The number of hydrogen-bond acceptors (Lipinski definition) is 4. The Bertz CT molecular complexity index is 1230. The molecule has 1 heterocycles. The summed E-state index contributed by atoms with van der Waals surface area (Å²) in [5.74, 6) is -0.00828. The molecule has 0 spiro atoms. The molecule has 4 aromatic rings. The van der Waals surface area contributed by atoms with E-state index < -0.39 is 0 Å². The van der Waals surface area contributed by atoms with Gasteiger partial charge in [-0.3, -0.25) is 4.79 Å². The van der Waals surface area contributed by atoms with Gasteiger partial charge in [0.2, 0.25) is 5.95 Å². The van der Waals surface area contributed by atoms with Crippen LogP contribution in [0.3, 0.4) is 0 Å². The van der Waals surface area contributed by atoms with Crippen molar-refractivity contribution in [1.29, 1.82) is 0 Å². The molecule has 0 atom stereocenters. The second kappa shape index (κ2) is 7.44. The van der Waals surface area contributed by atoms with Crippen molar-refractivity contribution in [2.75, 3.05) is 5.43 Å². The van der Waals surface area contributed by atoms with Crippen molar-refractivity contribution in [2.45, 2.75) is 6.92 Å². The summed E-state index contributed by atoms with van der Waals surface area (Å²) in [6.07, 6.45) is 1.54. The molecule has 0 aliphatic rings. The normalized spacial score (nSPS) is 11.2. The van der Waals surface area contributed by atoms with Gasteiger partial charge in [-0.1, -0.05) is 42.5 Å². The molecule has 28 heavy (non-hydrogen) atoms. The van der Waals surface area contributed by atoms with Crippen LogP contribution in [0.1, 0.15) is 11.1 Å². The molecule has 0 amide bonds. The smallest absolute Gasteiger partial charge is 0.267 e. The minimum absolute atomic E-state index is 0.181. The molecule has 0 saturated heterocycles. The van der Waals surface area contributed by atoms with Gasteiger partial charge in [-0.15, -0.1) is 0 Å². The van der Waals surface area contributed by atoms with Crippen LogP contribution in [0.25, 0.3) is 16.6 Å². The van der Waals surface area contributed by atoms with E-state index in [1.54, 1.807) is 30.5 Å². The van der Waals surface area contributed by atoms with Crippen LogP contribution in [0.15, 0.2) is 82.7 Å². The third-order valence-electron chi connectivity index (χ3n) is 4.38. The zero-order valence-electron chi connectivity index (χ0n) is 15.1. The lowest BCUT2D eigenvalue weighted by Gasteiger charge is -2.14. The van der Waals surface area contributed by atoms with Crippen molar-refractivity contribution < 1.29 is 4.39 Å². The zero-order valence-corrected chi connectivity index (χ0v) is 15.1. The second-order valence-electron chi connectivity index (χ2n) is 6.30. The summed E-state index contributed by atoms with van der Waals surface area (Å²) in [5, 5.41) is 4.71. The minimum Gasteiger partial charge on any atom is -0.268 e. The average Bonchev–Trinajstić information content (AvgIpc) is 2.71. The summed E-state index contributed by atoms with van der Waals surface area (Å²) in [4.78, 5) is 17.7. The fraction of sp³-hybridized carbons (Fsp3) is 0.0455. The number of rotatable bonds is 4. The number of halogens is 1. The molecule has 0 fully saturated rings. The van der Waals surface area contributed by atoms with Gasteiger partial charge in [0.15, 0.2) is 0 Å². The molecule has 0 radical (unpaired) electrons. The first-order chi connectivity index (χ1) is 13.6. The van der Waals surface area contributed by atoms with E-state index in [1.807, 2.05) is 43.3 Å². The Morgan fingerprint density at radius 1 is 1.00 bits per heavy atom. The van der Waals surface area contributed by atoms with Gasteiger partial charge in [0.25, 0.3) is 5.56 Å². The monoisotopic (exact) mass is 372 g/mol. The third kappa shape index (κ3) is 3.40. The minimum atomic E-state index is -0.310. The first kappa shape index (κ1) is 17.6. The highest BCUT2D eigenvalue weighted by molar-refractivity contribution is 5.81. The number of aryl methyl sites for hydroxylation is 1. The van der Waals surface area contributed by atoms with Gasteiger partial charge in [0, 0.05) is 0 Å². The Kier molecular flexibility index (Phi) is 4.68. The third-order valence-corrected chi connectivity index (χ3v) is 4.38. The van der Waals surface area contributed by atoms with Gasteiger partial charge >= 0.3 is 0 Å². The van der Waals surface area contributed by atoms with Crippen molar-refractivity contribution in [3.63, 3.8) is 0 Å². The molecule has 5 nitrogen and oxygen atoms in total. The molecular weight excluding hydrogens is 355 g/mol. The first-order valence-corrected chi connectivity index (χ1v) is 8.76. The standard InChI is InChI=1S/C22H17FN4O/c1-15-6-2-5-9-20(15)27-21(28)18-7-3-4-8-19(18)25-22(27)26-24-14-16-10-12-17(23)13-11-16/h2-14H,1H3,(H,25,26)/b24-14-. The van der Waals surface area contributed by atoms with Crippen molar-refractivity contribution in [1.82, 2.24) is 9.55 Å². The largest absolute Gasteiger partial charge is 0.268 e. The number of anilines is 1. The van der Waals surface area contributed by atoms with E-state index >= 15 is 0 Å².